The van der Waals surface area contributed by atoms with Crippen molar-refractivity contribution in [1.82, 2.24) is 5.32 Å². The van der Waals surface area contributed by atoms with Gasteiger partial charge in [-0.05, 0) is 18.2 Å². The molecule has 0 aliphatic carbocycles. The van der Waals surface area contributed by atoms with Crippen LogP contribution in [0.1, 0.15) is 15.9 Å². The molecule has 0 unspecified atom stereocenters. The van der Waals surface area contributed by atoms with Gasteiger partial charge in [-0.3, -0.25) is 4.79 Å². The Morgan fingerprint density at radius 1 is 1.53 bits per heavy atom. The fraction of sp³-hybridized carbons (Fsp3) is 0.308. The maximum atomic E-state index is 12.0. The molecule has 0 heterocycles. The summed E-state index contributed by atoms with van der Waals surface area (Å²) in [5, 5.41) is 10.7. The highest BCUT2D eigenvalue weighted by Crippen LogP contribution is 2.18. The number of aliphatic hydroxyl groups excluding tert-OH is 1. The summed E-state index contributed by atoms with van der Waals surface area (Å²) >= 11 is 0. The Bertz CT molecular complexity index is 506. The van der Waals surface area contributed by atoms with E-state index in [1.54, 1.807) is 0 Å². The summed E-state index contributed by atoms with van der Waals surface area (Å²) in [7, 11) is 1.44. The SMILES string of the molecule is COc1ccc(C(=O)NCC(F)F)cc1C#CCO. The molecule has 0 bridgehead atoms. The largest absolute Gasteiger partial charge is 0.495 e. The van der Waals surface area contributed by atoms with E-state index in [9.17, 15) is 13.6 Å². The first-order chi connectivity index (χ1) is 9.08. The zero-order chi connectivity index (χ0) is 14.3. The van der Waals surface area contributed by atoms with Gasteiger partial charge in [-0.1, -0.05) is 11.8 Å². The molecule has 0 radical (unpaired) electrons. The van der Waals surface area contributed by atoms with E-state index in [-0.39, 0.29) is 12.2 Å². The van der Waals surface area contributed by atoms with Gasteiger partial charge < -0.3 is 15.2 Å². The Morgan fingerprint density at radius 3 is 2.84 bits per heavy atom. The van der Waals surface area contributed by atoms with E-state index in [0.717, 1.165) is 0 Å². The number of aliphatic hydroxyl groups is 1. The van der Waals surface area contributed by atoms with Crippen molar-refractivity contribution in [3.8, 4) is 17.6 Å². The Balaban J connectivity index is 2.94. The molecule has 4 nitrogen and oxygen atoms in total. The first kappa shape index (κ1) is 14.9. The number of carbonyl (C=O) groups is 1. The number of rotatable bonds is 4. The average molecular weight is 269 g/mol. The van der Waals surface area contributed by atoms with Crippen LogP contribution >= 0.6 is 0 Å². The van der Waals surface area contributed by atoms with Gasteiger partial charge in [0, 0.05) is 5.56 Å². The lowest BCUT2D eigenvalue weighted by atomic mass is 10.1. The number of hydrogen-bond acceptors (Lipinski definition) is 3. The highest BCUT2D eigenvalue weighted by Gasteiger charge is 2.11. The third kappa shape index (κ3) is 4.56. The average Bonchev–Trinajstić information content (AvgIpc) is 2.42. The number of hydrogen-bond donors (Lipinski definition) is 2. The van der Waals surface area contributed by atoms with Crippen molar-refractivity contribution >= 4 is 5.91 Å². The lowest BCUT2D eigenvalue weighted by Crippen LogP contribution is -2.28. The molecule has 0 aliphatic rings. The first-order valence-corrected chi connectivity index (χ1v) is 5.42. The smallest absolute Gasteiger partial charge is 0.255 e. The maximum Gasteiger partial charge on any atom is 0.255 e. The van der Waals surface area contributed by atoms with E-state index in [1.165, 1.54) is 25.3 Å². The van der Waals surface area contributed by atoms with Crippen LogP contribution in [-0.2, 0) is 0 Å². The summed E-state index contributed by atoms with van der Waals surface area (Å²) in [6.45, 7) is -1.03. The van der Waals surface area contributed by atoms with Gasteiger partial charge in [-0.2, -0.15) is 0 Å². The molecule has 0 aliphatic heterocycles. The minimum Gasteiger partial charge on any atom is -0.495 e. The molecule has 1 amide bonds. The summed E-state index contributed by atoms with van der Waals surface area (Å²) in [4.78, 5) is 11.6. The van der Waals surface area contributed by atoms with Crippen LogP contribution in [0.4, 0.5) is 8.78 Å². The van der Waals surface area contributed by atoms with Gasteiger partial charge in [-0.15, -0.1) is 0 Å². The van der Waals surface area contributed by atoms with Crippen molar-refractivity contribution in [3.63, 3.8) is 0 Å². The van der Waals surface area contributed by atoms with Crippen LogP contribution in [0.15, 0.2) is 18.2 Å². The zero-order valence-electron chi connectivity index (χ0n) is 10.2. The third-order valence-electron chi connectivity index (χ3n) is 2.18. The molecule has 1 aromatic rings. The number of benzene rings is 1. The van der Waals surface area contributed by atoms with Crippen LogP contribution in [0.5, 0.6) is 5.75 Å². The Kier molecular flexibility index (Phi) is 5.76. The number of methoxy groups -OCH3 is 1. The first-order valence-electron chi connectivity index (χ1n) is 5.42. The topological polar surface area (TPSA) is 58.6 Å². The number of carbonyl (C=O) groups excluding carboxylic acids is 1. The molecule has 102 valence electrons. The van der Waals surface area contributed by atoms with Gasteiger partial charge in [0.15, 0.2) is 0 Å². The van der Waals surface area contributed by atoms with E-state index in [4.69, 9.17) is 9.84 Å². The van der Waals surface area contributed by atoms with Crippen LogP contribution in [-0.4, -0.2) is 37.7 Å². The fourth-order valence-electron chi connectivity index (χ4n) is 1.35. The summed E-state index contributed by atoms with van der Waals surface area (Å²) in [5.41, 5.74) is 0.602. The summed E-state index contributed by atoms with van der Waals surface area (Å²) in [6.07, 6.45) is -2.60. The van der Waals surface area contributed by atoms with E-state index < -0.39 is 18.9 Å². The highest BCUT2D eigenvalue weighted by molar-refractivity contribution is 5.94. The lowest BCUT2D eigenvalue weighted by Gasteiger charge is -2.07. The molecule has 0 saturated heterocycles. The molecule has 0 saturated carbocycles. The molecule has 1 rings (SSSR count). The van der Waals surface area contributed by atoms with Crippen molar-refractivity contribution in [2.45, 2.75) is 6.43 Å². The van der Waals surface area contributed by atoms with Gasteiger partial charge in [0.1, 0.15) is 12.4 Å². The normalized spacial score (nSPS) is 9.74. The quantitative estimate of drug-likeness (QED) is 0.803. The summed E-state index contributed by atoms with van der Waals surface area (Å²) in [6, 6.07) is 4.38. The van der Waals surface area contributed by atoms with Gasteiger partial charge in [0.25, 0.3) is 12.3 Å². The lowest BCUT2D eigenvalue weighted by molar-refractivity contribution is 0.0891. The Labute approximate surface area is 109 Å². The van der Waals surface area contributed by atoms with Crippen molar-refractivity contribution in [3.05, 3.63) is 29.3 Å². The fourth-order valence-corrected chi connectivity index (χ4v) is 1.35. The summed E-state index contributed by atoms with van der Waals surface area (Å²) < 4.78 is 29.0. The van der Waals surface area contributed by atoms with Gasteiger partial charge >= 0.3 is 0 Å². The van der Waals surface area contributed by atoms with E-state index in [1.807, 2.05) is 0 Å². The summed E-state index contributed by atoms with van der Waals surface area (Å²) in [5.74, 6) is 4.87. The molecule has 0 atom stereocenters. The molecule has 0 spiro atoms. The van der Waals surface area contributed by atoms with E-state index in [0.29, 0.717) is 11.3 Å². The number of ether oxygens (including phenoxy) is 1. The van der Waals surface area contributed by atoms with Crippen LogP contribution < -0.4 is 10.1 Å². The highest BCUT2D eigenvalue weighted by atomic mass is 19.3. The van der Waals surface area contributed by atoms with E-state index in [2.05, 4.69) is 17.2 Å². The Hall–Kier alpha value is -2.13. The Morgan fingerprint density at radius 2 is 2.26 bits per heavy atom. The standard InChI is InChI=1S/C13H13F2NO3/c1-19-11-5-4-10(7-9(11)3-2-6-17)13(18)16-8-12(14)15/h4-5,7,12,17H,6,8H2,1H3,(H,16,18). The number of amides is 1. The van der Waals surface area contributed by atoms with Crippen molar-refractivity contribution in [2.75, 3.05) is 20.3 Å². The van der Waals surface area contributed by atoms with Gasteiger partial charge in [0.05, 0.1) is 19.2 Å². The predicted octanol–water partition coefficient (Wildman–Crippen LogP) is 1.03. The van der Waals surface area contributed by atoms with E-state index >= 15 is 0 Å². The van der Waals surface area contributed by atoms with Gasteiger partial charge in [-0.25, -0.2) is 8.78 Å². The second-order valence-electron chi connectivity index (χ2n) is 3.48. The molecule has 2 N–H and O–H groups in total. The van der Waals surface area contributed by atoms with Crippen molar-refractivity contribution < 1.29 is 23.4 Å². The number of alkyl halides is 2. The van der Waals surface area contributed by atoms with Crippen LogP contribution in [0, 0.1) is 11.8 Å². The van der Waals surface area contributed by atoms with Crippen LogP contribution in [0.3, 0.4) is 0 Å². The molecule has 6 heteroatoms. The minimum atomic E-state index is -2.60. The second kappa shape index (κ2) is 7.34. The predicted molar refractivity (Wildman–Crippen MR) is 65.3 cm³/mol. The molecule has 19 heavy (non-hydrogen) atoms. The minimum absolute atomic E-state index is 0.198. The molecule has 1 aromatic carbocycles. The molecule has 0 fully saturated rings. The third-order valence-corrected chi connectivity index (χ3v) is 2.18. The molecule has 0 aromatic heterocycles. The number of halogens is 2. The van der Waals surface area contributed by atoms with Crippen LogP contribution in [0.25, 0.3) is 0 Å². The molecular weight excluding hydrogens is 256 g/mol. The number of nitrogens with one attached hydrogen (secondary N) is 1. The van der Waals surface area contributed by atoms with Crippen LogP contribution in [0.2, 0.25) is 0 Å². The zero-order valence-corrected chi connectivity index (χ0v) is 10.2. The van der Waals surface area contributed by atoms with Gasteiger partial charge in [0.2, 0.25) is 0 Å². The van der Waals surface area contributed by atoms with Crippen molar-refractivity contribution in [2.24, 2.45) is 0 Å². The van der Waals surface area contributed by atoms with Crippen molar-refractivity contribution in [1.29, 1.82) is 0 Å². The molecular formula is C13H13F2NO3. The monoisotopic (exact) mass is 269 g/mol. The maximum absolute atomic E-state index is 12.0. The second-order valence-corrected chi connectivity index (χ2v) is 3.48.